The summed E-state index contributed by atoms with van der Waals surface area (Å²) in [5, 5.41) is 8.32. The molecule has 1 N–H and O–H groups in total. The van der Waals surface area contributed by atoms with Crippen molar-refractivity contribution in [3.8, 4) is 17.1 Å². The normalized spacial score (nSPS) is 11.3. The number of hydrogen-bond acceptors (Lipinski definition) is 5. The molecule has 6 nitrogen and oxygen atoms in total. The summed E-state index contributed by atoms with van der Waals surface area (Å²) in [5.74, 6) is 0.322. The van der Waals surface area contributed by atoms with Gasteiger partial charge in [-0.1, -0.05) is 53.6 Å². The van der Waals surface area contributed by atoms with Crippen molar-refractivity contribution in [2.45, 2.75) is 11.8 Å². The Labute approximate surface area is 163 Å². The molecule has 0 radical (unpaired) electrons. The number of nitrogens with zero attached hydrogens (tertiary/aromatic N) is 2. The van der Waals surface area contributed by atoms with Crippen molar-refractivity contribution >= 4 is 21.6 Å². The maximum absolute atomic E-state index is 12.2. The van der Waals surface area contributed by atoms with Crippen LogP contribution >= 0.6 is 11.6 Å². The average Bonchev–Trinajstić information content (AvgIpc) is 2.67. The van der Waals surface area contributed by atoms with Gasteiger partial charge in [0.2, 0.25) is 15.9 Å². The molecule has 8 heteroatoms. The lowest BCUT2D eigenvalue weighted by atomic mass is 10.1. The number of halogens is 1. The number of hydrogen-bond donors (Lipinski definition) is 1. The highest BCUT2D eigenvalue weighted by atomic mass is 35.5. The van der Waals surface area contributed by atoms with Gasteiger partial charge in [-0.05, 0) is 25.1 Å². The molecule has 27 heavy (non-hydrogen) atoms. The van der Waals surface area contributed by atoms with Crippen LogP contribution in [0.2, 0.25) is 5.02 Å². The SMILES string of the molecule is Cc1ccc(-c2ccc(OCCNS(=O)(=O)c3ccccc3Cl)nn2)cc1. The fourth-order valence-corrected chi connectivity index (χ4v) is 3.88. The van der Waals surface area contributed by atoms with Gasteiger partial charge < -0.3 is 4.74 Å². The Morgan fingerprint density at radius 1 is 1.00 bits per heavy atom. The van der Waals surface area contributed by atoms with Crippen LogP contribution in [-0.2, 0) is 10.0 Å². The molecule has 0 amide bonds. The molecule has 0 fully saturated rings. The zero-order valence-corrected chi connectivity index (χ0v) is 16.2. The van der Waals surface area contributed by atoms with Crippen LogP contribution < -0.4 is 9.46 Å². The Balaban J connectivity index is 1.53. The Bertz CT molecular complexity index is 1010. The second-order valence-corrected chi connectivity index (χ2v) is 7.94. The summed E-state index contributed by atoms with van der Waals surface area (Å²) in [4.78, 5) is 0.0360. The van der Waals surface area contributed by atoms with Gasteiger partial charge in [0.05, 0.1) is 10.7 Å². The van der Waals surface area contributed by atoms with Crippen molar-refractivity contribution in [3.05, 3.63) is 71.2 Å². The lowest BCUT2D eigenvalue weighted by Gasteiger charge is -2.09. The molecule has 0 bridgehead atoms. The zero-order valence-electron chi connectivity index (χ0n) is 14.6. The average molecular weight is 404 g/mol. The van der Waals surface area contributed by atoms with Crippen molar-refractivity contribution < 1.29 is 13.2 Å². The van der Waals surface area contributed by atoms with Gasteiger partial charge in [0.1, 0.15) is 11.5 Å². The quantitative estimate of drug-likeness (QED) is 0.611. The fraction of sp³-hybridized carbons (Fsp3) is 0.158. The van der Waals surface area contributed by atoms with Crippen LogP contribution in [0.1, 0.15) is 5.56 Å². The van der Waals surface area contributed by atoms with E-state index in [1.165, 1.54) is 17.7 Å². The van der Waals surface area contributed by atoms with Crippen LogP contribution in [0.5, 0.6) is 5.88 Å². The number of nitrogens with one attached hydrogen (secondary N) is 1. The molecule has 0 atom stereocenters. The summed E-state index contributed by atoms with van der Waals surface area (Å²) >= 11 is 5.92. The number of ether oxygens (including phenoxy) is 1. The Morgan fingerprint density at radius 3 is 2.41 bits per heavy atom. The lowest BCUT2D eigenvalue weighted by molar-refractivity contribution is 0.307. The highest BCUT2D eigenvalue weighted by Crippen LogP contribution is 2.20. The van der Waals surface area contributed by atoms with E-state index >= 15 is 0 Å². The van der Waals surface area contributed by atoms with E-state index in [0.29, 0.717) is 5.88 Å². The smallest absolute Gasteiger partial charge is 0.242 e. The summed E-state index contributed by atoms with van der Waals surface area (Å²) in [6, 6.07) is 17.7. The second kappa shape index (κ2) is 8.47. The van der Waals surface area contributed by atoms with Gasteiger partial charge in [-0.3, -0.25) is 0 Å². The van der Waals surface area contributed by atoms with E-state index in [1.54, 1.807) is 24.3 Å². The number of benzene rings is 2. The zero-order chi connectivity index (χ0) is 19.3. The minimum absolute atomic E-state index is 0.0360. The van der Waals surface area contributed by atoms with Crippen LogP contribution in [0.3, 0.4) is 0 Å². The third kappa shape index (κ3) is 5.03. The van der Waals surface area contributed by atoms with Gasteiger partial charge in [0.25, 0.3) is 0 Å². The molecule has 0 spiro atoms. The van der Waals surface area contributed by atoms with Crippen LogP contribution in [0, 0.1) is 6.92 Å². The molecule has 0 aliphatic rings. The molecule has 3 aromatic rings. The van der Waals surface area contributed by atoms with E-state index in [1.807, 2.05) is 31.2 Å². The monoisotopic (exact) mass is 403 g/mol. The van der Waals surface area contributed by atoms with Gasteiger partial charge in [-0.15, -0.1) is 10.2 Å². The number of aryl methyl sites for hydroxylation is 1. The summed E-state index contributed by atoms with van der Waals surface area (Å²) in [5.41, 5.74) is 2.87. The maximum Gasteiger partial charge on any atom is 0.242 e. The highest BCUT2D eigenvalue weighted by molar-refractivity contribution is 7.89. The van der Waals surface area contributed by atoms with Crippen molar-refractivity contribution in [3.63, 3.8) is 0 Å². The van der Waals surface area contributed by atoms with Crippen molar-refractivity contribution in [2.75, 3.05) is 13.2 Å². The highest BCUT2D eigenvalue weighted by Gasteiger charge is 2.16. The topological polar surface area (TPSA) is 81.2 Å². The molecular weight excluding hydrogens is 386 g/mol. The molecule has 3 rings (SSSR count). The number of aromatic nitrogens is 2. The second-order valence-electron chi connectivity index (χ2n) is 5.80. The summed E-state index contributed by atoms with van der Waals surface area (Å²) in [7, 11) is -3.69. The predicted molar refractivity (Wildman–Crippen MR) is 104 cm³/mol. The molecule has 0 saturated carbocycles. The van der Waals surface area contributed by atoms with Crippen LogP contribution in [-0.4, -0.2) is 31.8 Å². The first-order chi connectivity index (χ1) is 13.0. The molecule has 0 aliphatic carbocycles. The Kier molecular flexibility index (Phi) is 6.05. The fourth-order valence-electron chi connectivity index (χ4n) is 2.35. The largest absolute Gasteiger partial charge is 0.475 e. The van der Waals surface area contributed by atoms with E-state index in [0.717, 1.165) is 11.3 Å². The maximum atomic E-state index is 12.2. The van der Waals surface area contributed by atoms with Crippen LogP contribution in [0.25, 0.3) is 11.3 Å². The van der Waals surface area contributed by atoms with Gasteiger partial charge in [-0.25, -0.2) is 13.1 Å². The van der Waals surface area contributed by atoms with Gasteiger partial charge >= 0.3 is 0 Å². The molecule has 2 aromatic carbocycles. The summed E-state index contributed by atoms with van der Waals surface area (Å²) < 4.78 is 32.3. The van der Waals surface area contributed by atoms with Crippen molar-refractivity contribution in [1.82, 2.24) is 14.9 Å². The first-order valence-electron chi connectivity index (χ1n) is 8.23. The van der Waals surface area contributed by atoms with Gasteiger partial charge in [0, 0.05) is 18.2 Å². The minimum Gasteiger partial charge on any atom is -0.475 e. The van der Waals surface area contributed by atoms with E-state index < -0.39 is 10.0 Å². The van der Waals surface area contributed by atoms with Crippen LogP contribution in [0.15, 0.2) is 65.6 Å². The summed E-state index contributed by atoms with van der Waals surface area (Å²) in [6.45, 7) is 2.21. The third-order valence-corrected chi connectivity index (χ3v) is 5.72. The van der Waals surface area contributed by atoms with Crippen molar-refractivity contribution in [1.29, 1.82) is 0 Å². The van der Waals surface area contributed by atoms with E-state index in [9.17, 15) is 8.42 Å². The standard InChI is InChI=1S/C19H18ClN3O3S/c1-14-6-8-15(9-7-14)17-10-11-19(23-22-17)26-13-12-21-27(24,25)18-5-3-2-4-16(18)20/h2-11,21H,12-13H2,1H3. The minimum atomic E-state index is -3.69. The number of rotatable bonds is 7. The first-order valence-corrected chi connectivity index (χ1v) is 10.1. The van der Waals surface area contributed by atoms with E-state index in [2.05, 4.69) is 14.9 Å². The predicted octanol–water partition coefficient (Wildman–Crippen LogP) is 3.46. The van der Waals surface area contributed by atoms with E-state index in [4.69, 9.17) is 16.3 Å². The lowest BCUT2D eigenvalue weighted by Crippen LogP contribution is -2.28. The number of sulfonamides is 1. The molecule has 1 aromatic heterocycles. The molecule has 0 aliphatic heterocycles. The summed E-state index contributed by atoms with van der Waals surface area (Å²) in [6.07, 6.45) is 0. The van der Waals surface area contributed by atoms with Gasteiger partial charge in [0.15, 0.2) is 0 Å². The van der Waals surface area contributed by atoms with E-state index in [-0.39, 0.29) is 23.1 Å². The third-order valence-electron chi connectivity index (χ3n) is 3.76. The van der Waals surface area contributed by atoms with Gasteiger partial charge in [-0.2, -0.15) is 0 Å². The molecule has 0 unspecified atom stereocenters. The Hall–Kier alpha value is -2.48. The van der Waals surface area contributed by atoms with Crippen LogP contribution in [0.4, 0.5) is 0 Å². The molecule has 1 heterocycles. The molecular formula is C19H18ClN3O3S. The molecule has 140 valence electrons. The Morgan fingerprint density at radius 2 is 1.74 bits per heavy atom. The van der Waals surface area contributed by atoms with Crippen molar-refractivity contribution in [2.24, 2.45) is 0 Å². The molecule has 0 saturated heterocycles. The first kappa shape index (κ1) is 19.3.